The largest absolute Gasteiger partial charge is 0.250 e. The summed E-state index contributed by atoms with van der Waals surface area (Å²) in [7, 11) is 0. The van der Waals surface area contributed by atoms with E-state index in [1.165, 1.54) is 6.07 Å². The van der Waals surface area contributed by atoms with Crippen molar-refractivity contribution in [3.63, 3.8) is 0 Å². The molecule has 0 amide bonds. The minimum absolute atomic E-state index is 0.0681. The Bertz CT molecular complexity index is 689. The standard InChI is InChI=1S/C17H19F2N3/c18-15-5-4-12-14-10-20-11-22(14)13(16(12)21-15)6-9-17(19)7-2-1-3-8-17/h4-5,10-11,13H,1-3,6-9H2/p+1. The van der Waals surface area contributed by atoms with E-state index in [4.69, 9.17) is 0 Å². The molecule has 3 nitrogen and oxygen atoms in total. The van der Waals surface area contributed by atoms with Crippen molar-refractivity contribution in [3.8, 4) is 11.3 Å². The molecule has 22 heavy (non-hydrogen) atoms. The number of hydrogen-bond acceptors (Lipinski definition) is 1. The first-order valence-corrected chi connectivity index (χ1v) is 8.10. The second kappa shape index (κ2) is 5.14. The van der Waals surface area contributed by atoms with Gasteiger partial charge in [-0.1, -0.05) is 19.3 Å². The number of rotatable bonds is 3. The number of halogens is 2. The summed E-state index contributed by atoms with van der Waals surface area (Å²) in [5, 5.41) is 0. The van der Waals surface area contributed by atoms with Crippen LogP contribution < -0.4 is 4.57 Å². The molecular formula is C17H20F2N3+. The first-order valence-electron chi connectivity index (χ1n) is 8.10. The summed E-state index contributed by atoms with van der Waals surface area (Å²) in [5.74, 6) is -0.467. The Hall–Kier alpha value is -1.78. The number of aromatic nitrogens is 3. The lowest BCUT2D eigenvalue weighted by atomic mass is 9.82. The number of aromatic amines is 1. The van der Waals surface area contributed by atoms with Crippen LogP contribution in [-0.2, 0) is 0 Å². The summed E-state index contributed by atoms with van der Waals surface area (Å²) in [5.41, 5.74) is 1.64. The zero-order valence-electron chi connectivity index (χ0n) is 12.5. The van der Waals surface area contributed by atoms with Gasteiger partial charge in [0.15, 0.2) is 5.69 Å². The smallest absolute Gasteiger partial charge is 0.242 e. The van der Waals surface area contributed by atoms with E-state index in [9.17, 15) is 8.78 Å². The van der Waals surface area contributed by atoms with Crippen molar-refractivity contribution in [1.29, 1.82) is 0 Å². The van der Waals surface area contributed by atoms with Gasteiger partial charge in [-0.2, -0.15) is 4.39 Å². The maximum atomic E-state index is 14.9. The molecule has 1 aliphatic carbocycles. The van der Waals surface area contributed by atoms with Crippen molar-refractivity contribution in [2.24, 2.45) is 0 Å². The fraction of sp³-hybridized carbons (Fsp3) is 0.529. The van der Waals surface area contributed by atoms with Gasteiger partial charge >= 0.3 is 0 Å². The number of hydrogen-bond donors (Lipinski definition) is 1. The molecule has 2 aromatic rings. The molecule has 0 aromatic carbocycles. The maximum absolute atomic E-state index is 14.9. The fourth-order valence-corrected chi connectivity index (χ4v) is 3.97. The normalized spacial score (nSPS) is 22.4. The van der Waals surface area contributed by atoms with Crippen LogP contribution in [0.2, 0.25) is 0 Å². The van der Waals surface area contributed by atoms with Gasteiger partial charge in [0.05, 0.1) is 5.56 Å². The molecule has 1 unspecified atom stereocenters. The van der Waals surface area contributed by atoms with Crippen LogP contribution in [0.1, 0.15) is 56.7 Å². The summed E-state index contributed by atoms with van der Waals surface area (Å²) in [6.45, 7) is 0. The topological polar surface area (TPSA) is 32.6 Å². The van der Waals surface area contributed by atoms with Crippen LogP contribution in [0.4, 0.5) is 8.78 Å². The molecule has 2 aliphatic rings. The monoisotopic (exact) mass is 304 g/mol. The van der Waals surface area contributed by atoms with Gasteiger partial charge in [0, 0.05) is 0 Å². The molecule has 4 rings (SSSR count). The number of pyridine rings is 1. The van der Waals surface area contributed by atoms with Gasteiger partial charge in [0.2, 0.25) is 12.3 Å². The average molecular weight is 304 g/mol. The van der Waals surface area contributed by atoms with E-state index in [1.54, 1.807) is 6.07 Å². The molecule has 0 spiro atoms. The highest BCUT2D eigenvalue weighted by atomic mass is 19.1. The third-order valence-corrected chi connectivity index (χ3v) is 5.15. The van der Waals surface area contributed by atoms with Crippen molar-refractivity contribution in [2.45, 2.75) is 56.7 Å². The van der Waals surface area contributed by atoms with Crippen LogP contribution in [0.3, 0.4) is 0 Å². The Balaban J connectivity index is 1.61. The highest BCUT2D eigenvalue weighted by Gasteiger charge is 2.39. The van der Waals surface area contributed by atoms with Gasteiger partial charge in [-0.25, -0.2) is 18.9 Å². The molecule has 0 radical (unpaired) electrons. The summed E-state index contributed by atoms with van der Waals surface area (Å²) < 4.78 is 30.5. The maximum Gasteiger partial charge on any atom is 0.242 e. The van der Waals surface area contributed by atoms with Gasteiger partial charge in [-0.05, 0) is 37.8 Å². The molecule has 1 saturated carbocycles. The molecule has 0 saturated heterocycles. The van der Waals surface area contributed by atoms with Crippen molar-refractivity contribution >= 4 is 0 Å². The van der Waals surface area contributed by atoms with Crippen molar-refractivity contribution in [1.82, 2.24) is 9.97 Å². The highest BCUT2D eigenvalue weighted by molar-refractivity contribution is 5.61. The molecule has 1 aliphatic heterocycles. The first-order chi connectivity index (χ1) is 10.7. The first kappa shape index (κ1) is 13.9. The van der Waals surface area contributed by atoms with Crippen LogP contribution in [0.25, 0.3) is 11.3 Å². The lowest BCUT2D eigenvalue weighted by Crippen LogP contribution is -2.38. The molecule has 0 bridgehead atoms. The number of alkyl halides is 1. The summed E-state index contributed by atoms with van der Waals surface area (Å²) in [4.78, 5) is 7.17. The zero-order chi connectivity index (χ0) is 15.2. The summed E-state index contributed by atoms with van der Waals surface area (Å²) in [6.07, 6.45) is 9.36. The number of H-pyrrole nitrogens is 1. The second-order valence-corrected chi connectivity index (χ2v) is 6.57. The number of imidazole rings is 1. The van der Waals surface area contributed by atoms with Crippen LogP contribution in [-0.4, -0.2) is 15.6 Å². The Morgan fingerprint density at radius 1 is 1.27 bits per heavy atom. The Kier molecular flexibility index (Phi) is 3.24. The van der Waals surface area contributed by atoms with Gasteiger partial charge in [-0.15, -0.1) is 0 Å². The minimum atomic E-state index is -1.05. The molecule has 1 atom stereocenters. The Morgan fingerprint density at radius 2 is 2.09 bits per heavy atom. The van der Waals surface area contributed by atoms with E-state index in [1.807, 2.05) is 12.5 Å². The third-order valence-electron chi connectivity index (χ3n) is 5.15. The highest BCUT2D eigenvalue weighted by Crippen LogP contribution is 2.40. The number of nitrogens with one attached hydrogen (secondary N) is 1. The lowest BCUT2D eigenvalue weighted by molar-refractivity contribution is -0.698. The van der Waals surface area contributed by atoms with Crippen molar-refractivity contribution < 1.29 is 13.3 Å². The summed E-state index contributed by atoms with van der Waals surface area (Å²) in [6, 6.07) is 3.08. The predicted octanol–water partition coefficient (Wildman–Crippen LogP) is 3.86. The van der Waals surface area contributed by atoms with E-state index in [0.717, 1.165) is 36.2 Å². The van der Waals surface area contributed by atoms with Gasteiger partial charge < -0.3 is 0 Å². The van der Waals surface area contributed by atoms with E-state index in [0.29, 0.717) is 25.7 Å². The Morgan fingerprint density at radius 3 is 2.91 bits per heavy atom. The van der Waals surface area contributed by atoms with Crippen LogP contribution in [0, 0.1) is 5.95 Å². The SMILES string of the molecule is Fc1ccc2c(n1)C(CCC1(F)CCCCC1)[n+]1c[nH]cc1-2. The average Bonchev–Trinajstić information content (AvgIpc) is 3.07. The number of nitrogens with zero attached hydrogens (tertiary/aromatic N) is 2. The van der Waals surface area contributed by atoms with E-state index in [-0.39, 0.29) is 6.04 Å². The zero-order valence-corrected chi connectivity index (χ0v) is 12.5. The minimum Gasteiger partial charge on any atom is -0.250 e. The van der Waals surface area contributed by atoms with Gasteiger partial charge in [0.1, 0.15) is 23.6 Å². The molecule has 116 valence electrons. The second-order valence-electron chi connectivity index (χ2n) is 6.57. The van der Waals surface area contributed by atoms with E-state index >= 15 is 0 Å². The number of fused-ring (bicyclic) bond motifs is 3. The van der Waals surface area contributed by atoms with Gasteiger partial charge in [0.25, 0.3) is 0 Å². The van der Waals surface area contributed by atoms with Crippen molar-refractivity contribution in [2.75, 3.05) is 0 Å². The fourth-order valence-electron chi connectivity index (χ4n) is 3.97. The molecule has 1 fully saturated rings. The van der Waals surface area contributed by atoms with Crippen LogP contribution >= 0.6 is 0 Å². The predicted molar refractivity (Wildman–Crippen MR) is 78.5 cm³/mol. The quantitative estimate of drug-likeness (QED) is 0.678. The van der Waals surface area contributed by atoms with Crippen LogP contribution in [0.5, 0.6) is 0 Å². The van der Waals surface area contributed by atoms with Crippen molar-refractivity contribution in [3.05, 3.63) is 36.3 Å². The van der Waals surface area contributed by atoms with E-state index < -0.39 is 11.6 Å². The lowest BCUT2D eigenvalue weighted by Gasteiger charge is -2.30. The van der Waals surface area contributed by atoms with E-state index in [2.05, 4.69) is 14.5 Å². The van der Waals surface area contributed by atoms with Gasteiger partial charge in [-0.3, -0.25) is 0 Å². The molecule has 1 N–H and O–H groups in total. The third kappa shape index (κ3) is 2.23. The molecule has 3 heterocycles. The van der Waals surface area contributed by atoms with Crippen LogP contribution in [0.15, 0.2) is 24.7 Å². The molecule has 5 heteroatoms. The Labute approximate surface area is 128 Å². The molecular weight excluding hydrogens is 284 g/mol. The molecule has 2 aromatic heterocycles. The summed E-state index contributed by atoms with van der Waals surface area (Å²) >= 11 is 0.